The zero-order chi connectivity index (χ0) is 21.5. The summed E-state index contributed by atoms with van der Waals surface area (Å²) in [7, 11) is 0. The van der Waals surface area contributed by atoms with Crippen LogP contribution in [0, 0.1) is 12.8 Å². The topological polar surface area (TPSA) is 71.0 Å². The molecule has 0 radical (unpaired) electrons. The molecule has 0 bridgehead atoms. The van der Waals surface area contributed by atoms with Gasteiger partial charge in [0.05, 0.1) is 17.2 Å². The van der Waals surface area contributed by atoms with E-state index >= 15 is 0 Å². The molecule has 0 amide bonds. The fourth-order valence-electron chi connectivity index (χ4n) is 3.97. The summed E-state index contributed by atoms with van der Waals surface area (Å²) in [5.74, 6) is 3.10. The highest BCUT2D eigenvalue weighted by atomic mass is 127. The van der Waals surface area contributed by atoms with E-state index in [1.807, 2.05) is 24.3 Å². The van der Waals surface area contributed by atoms with Crippen molar-refractivity contribution < 1.29 is 9.47 Å². The van der Waals surface area contributed by atoms with Crippen LogP contribution >= 0.6 is 35.3 Å². The van der Waals surface area contributed by atoms with Crippen molar-refractivity contribution in [3.63, 3.8) is 0 Å². The third kappa shape index (κ3) is 7.21. The minimum atomic E-state index is -0.0312. The van der Waals surface area contributed by atoms with Crippen LogP contribution in [0.25, 0.3) is 0 Å². The lowest BCUT2D eigenvalue weighted by atomic mass is 9.97. The van der Waals surface area contributed by atoms with Crippen LogP contribution in [-0.2, 0) is 6.54 Å². The standard InChI is InChI=1S/C23H33N5O2S.HI/c1-3-24-23(26-13-20-15-29-21-6-4-5-7-22(21)30-20)25-12-18-8-10-28(11-9-18)14-19-16-31-17(2)27-19;/h4-7,16,18,20H,3,8-15H2,1-2H3,(H2,24,25,26);1H. The number of nitrogens with zero attached hydrogens (tertiary/aromatic N) is 3. The Hall–Kier alpha value is -1.59. The highest BCUT2D eigenvalue weighted by molar-refractivity contribution is 14.0. The number of benzene rings is 1. The summed E-state index contributed by atoms with van der Waals surface area (Å²) in [5.41, 5.74) is 1.20. The molecule has 1 aromatic carbocycles. The van der Waals surface area contributed by atoms with Crippen molar-refractivity contribution in [1.82, 2.24) is 20.5 Å². The van der Waals surface area contributed by atoms with E-state index in [0.29, 0.717) is 19.1 Å². The Morgan fingerprint density at radius 2 is 2.00 bits per heavy atom. The zero-order valence-electron chi connectivity index (χ0n) is 18.9. The third-order valence-corrected chi connectivity index (χ3v) is 6.50. The number of aliphatic imine (C=N–C) groups is 1. The molecule has 1 unspecified atom stereocenters. The molecule has 4 rings (SSSR count). The number of hydrogen-bond donors (Lipinski definition) is 2. The van der Waals surface area contributed by atoms with Gasteiger partial charge in [0.1, 0.15) is 12.7 Å². The molecule has 0 saturated carbocycles. The second-order valence-electron chi connectivity index (χ2n) is 8.18. The minimum absolute atomic E-state index is 0. The number of thiazole rings is 1. The van der Waals surface area contributed by atoms with Crippen molar-refractivity contribution >= 4 is 41.3 Å². The molecule has 32 heavy (non-hydrogen) atoms. The molecule has 2 aromatic rings. The van der Waals surface area contributed by atoms with Gasteiger partial charge in [-0.25, -0.2) is 4.98 Å². The monoisotopic (exact) mass is 571 g/mol. The summed E-state index contributed by atoms with van der Waals surface area (Å²) in [6.07, 6.45) is 2.33. The number of aromatic nitrogens is 1. The molecule has 1 fully saturated rings. The summed E-state index contributed by atoms with van der Waals surface area (Å²) in [4.78, 5) is 12.0. The Morgan fingerprint density at radius 1 is 1.22 bits per heavy atom. The Balaban J connectivity index is 0.00000289. The largest absolute Gasteiger partial charge is 0.486 e. The van der Waals surface area contributed by atoms with Gasteiger partial charge in [-0.05, 0) is 57.8 Å². The number of guanidine groups is 1. The predicted molar refractivity (Wildman–Crippen MR) is 141 cm³/mol. The first-order chi connectivity index (χ1) is 15.2. The second kappa shape index (κ2) is 12.6. The van der Waals surface area contributed by atoms with E-state index in [-0.39, 0.29) is 30.1 Å². The van der Waals surface area contributed by atoms with Gasteiger partial charge in [0.15, 0.2) is 17.5 Å². The number of para-hydroxylation sites is 2. The smallest absolute Gasteiger partial charge is 0.191 e. The van der Waals surface area contributed by atoms with Gasteiger partial charge in [-0.1, -0.05) is 12.1 Å². The normalized spacial score (nSPS) is 19.3. The molecule has 7 nitrogen and oxygen atoms in total. The molecule has 3 heterocycles. The van der Waals surface area contributed by atoms with E-state index in [2.05, 4.69) is 39.7 Å². The van der Waals surface area contributed by atoms with Gasteiger partial charge in [-0.3, -0.25) is 9.89 Å². The van der Waals surface area contributed by atoms with E-state index in [1.165, 1.54) is 18.5 Å². The molecule has 176 valence electrons. The molecule has 2 aliphatic rings. The second-order valence-corrected chi connectivity index (χ2v) is 9.24. The molecule has 1 saturated heterocycles. The lowest BCUT2D eigenvalue weighted by Crippen LogP contribution is -2.45. The lowest BCUT2D eigenvalue weighted by Gasteiger charge is -2.31. The highest BCUT2D eigenvalue weighted by Gasteiger charge is 2.22. The van der Waals surface area contributed by atoms with Gasteiger partial charge in [-0.15, -0.1) is 35.3 Å². The maximum Gasteiger partial charge on any atom is 0.191 e. The van der Waals surface area contributed by atoms with Crippen LogP contribution in [0.4, 0.5) is 0 Å². The van der Waals surface area contributed by atoms with Crippen LogP contribution in [0.3, 0.4) is 0 Å². The number of nitrogens with one attached hydrogen (secondary N) is 2. The molecular formula is C23H34IN5O2S. The van der Waals surface area contributed by atoms with Gasteiger partial charge >= 0.3 is 0 Å². The lowest BCUT2D eigenvalue weighted by molar-refractivity contribution is 0.0936. The number of fused-ring (bicyclic) bond motifs is 1. The molecule has 2 N–H and O–H groups in total. The van der Waals surface area contributed by atoms with E-state index in [9.17, 15) is 0 Å². The van der Waals surface area contributed by atoms with Crippen LogP contribution in [0.5, 0.6) is 11.5 Å². The molecule has 9 heteroatoms. The average molecular weight is 572 g/mol. The average Bonchev–Trinajstić information content (AvgIpc) is 3.21. The van der Waals surface area contributed by atoms with Gasteiger partial charge in [-0.2, -0.15) is 0 Å². The van der Waals surface area contributed by atoms with E-state index in [0.717, 1.165) is 55.2 Å². The Kier molecular flexibility index (Phi) is 9.86. The van der Waals surface area contributed by atoms with Crippen molar-refractivity contribution in [2.24, 2.45) is 10.9 Å². The molecule has 1 atom stereocenters. The summed E-state index contributed by atoms with van der Waals surface area (Å²) in [6, 6.07) is 7.81. The first-order valence-corrected chi connectivity index (χ1v) is 12.1. The maximum absolute atomic E-state index is 6.04. The van der Waals surface area contributed by atoms with Crippen LogP contribution in [-0.4, -0.2) is 61.3 Å². The van der Waals surface area contributed by atoms with Crippen LogP contribution < -0.4 is 20.1 Å². The Labute approximate surface area is 212 Å². The maximum atomic E-state index is 6.04. The highest BCUT2D eigenvalue weighted by Crippen LogP contribution is 2.30. The summed E-state index contributed by atoms with van der Waals surface area (Å²) in [6.45, 7) is 10.3. The molecule has 0 aliphatic carbocycles. The van der Waals surface area contributed by atoms with E-state index in [1.54, 1.807) is 11.3 Å². The van der Waals surface area contributed by atoms with Crippen molar-refractivity contribution in [3.8, 4) is 11.5 Å². The number of hydrogen-bond acceptors (Lipinski definition) is 6. The molecular weight excluding hydrogens is 537 g/mol. The van der Waals surface area contributed by atoms with Crippen molar-refractivity contribution in [3.05, 3.63) is 40.3 Å². The van der Waals surface area contributed by atoms with Crippen LogP contribution in [0.2, 0.25) is 0 Å². The SMILES string of the molecule is CCNC(=NCC1CCN(Cc2csc(C)n2)CC1)NCC1COc2ccccc2O1.I. The Morgan fingerprint density at radius 3 is 2.72 bits per heavy atom. The Bertz CT molecular complexity index is 870. The first-order valence-electron chi connectivity index (χ1n) is 11.2. The summed E-state index contributed by atoms with van der Waals surface area (Å²) >= 11 is 1.73. The molecule has 0 spiro atoms. The van der Waals surface area contributed by atoms with Gasteiger partial charge < -0.3 is 20.1 Å². The zero-order valence-corrected chi connectivity index (χ0v) is 22.0. The number of likely N-dealkylation sites (tertiary alicyclic amines) is 1. The fourth-order valence-corrected chi connectivity index (χ4v) is 4.58. The quantitative estimate of drug-likeness (QED) is 0.300. The number of rotatable bonds is 7. The molecule has 2 aliphatic heterocycles. The van der Waals surface area contributed by atoms with E-state index in [4.69, 9.17) is 14.5 Å². The first kappa shape index (κ1) is 25.0. The number of aryl methyl sites for hydroxylation is 1. The van der Waals surface area contributed by atoms with E-state index < -0.39 is 0 Å². The minimum Gasteiger partial charge on any atom is -0.486 e. The number of halogens is 1. The number of ether oxygens (including phenoxy) is 2. The van der Waals surface area contributed by atoms with Gasteiger partial charge in [0, 0.05) is 25.0 Å². The summed E-state index contributed by atoms with van der Waals surface area (Å²) < 4.78 is 11.8. The number of piperidine rings is 1. The van der Waals surface area contributed by atoms with Gasteiger partial charge in [0.25, 0.3) is 0 Å². The predicted octanol–water partition coefficient (Wildman–Crippen LogP) is 3.68. The van der Waals surface area contributed by atoms with Crippen molar-refractivity contribution in [2.45, 2.75) is 39.3 Å². The fraction of sp³-hybridized carbons (Fsp3) is 0.565. The molecule has 1 aromatic heterocycles. The van der Waals surface area contributed by atoms with Crippen LogP contribution in [0.1, 0.15) is 30.5 Å². The summed E-state index contributed by atoms with van der Waals surface area (Å²) in [5, 5.41) is 10.1. The third-order valence-electron chi connectivity index (χ3n) is 5.68. The van der Waals surface area contributed by atoms with Crippen LogP contribution in [0.15, 0.2) is 34.6 Å². The van der Waals surface area contributed by atoms with Crippen molar-refractivity contribution in [2.75, 3.05) is 39.3 Å². The van der Waals surface area contributed by atoms with Crippen molar-refractivity contribution in [1.29, 1.82) is 0 Å². The van der Waals surface area contributed by atoms with Gasteiger partial charge in [0.2, 0.25) is 0 Å².